The van der Waals surface area contributed by atoms with Gasteiger partial charge in [0, 0.05) is 12.7 Å². The molecule has 194 valence electrons. The Morgan fingerprint density at radius 3 is 2.61 bits per heavy atom. The average molecular weight is 504 g/mol. The lowest BCUT2D eigenvalue weighted by molar-refractivity contribution is -0.250. The summed E-state index contributed by atoms with van der Waals surface area (Å²) in [4.78, 5) is 29.7. The zero-order chi connectivity index (χ0) is 26.0. The van der Waals surface area contributed by atoms with Gasteiger partial charge in [-0.1, -0.05) is 24.7 Å². The van der Waals surface area contributed by atoms with Gasteiger partial charge in [0.2, 0.25) is 12.4 Å². The third-order valence-corrected chi connectivity index (χ3v) is 6.14. The van der Waals surface area contributed by atoms with Gasteiger partial charge < -0.3 is 37.7 Å². The van der Waals surface area contributed by atoms with E-state index in [-0.39, 0.29) is 29.6 Å². The molecule has 3 heterocycles. The first-order chi connectivity index (χ1) is 17.3. The molecule has 2 saturated heterocycles. The Morgan fingerprint density at radius 1 is 1.19 bits per heavy atom. The van der Waals surface area contributed by atoms with E-state index < -0.39 is 36.4 Å². The highest BCUT2D eigenvalue weighted by Gasteiger charge is 2.55. The Balaban J connectivity index is 1.75. The van der Waals surface area contributed by atoms with Crippen LogP contribution in [-0.4, -0.2) is 63.4 Å². The first-order valence-corrected chi connectivity index (χ1v) is 11.5. The van der Waals surface area contributed by atoms with Gasteiger partial charge in [0.05, 0.1) is 17.2 Å². The van der Waals surface area contributed by atoms with Crippen LogP contribution in [0.3, 0.4) is 0 Å². The van der Waals surface area contributed by atoms with Gasteiger partial charge in [-0.25, -0.2) is 9.59 Å². The maximum absolute atomic E-state index is 13.0. The van der Waals surface area contributed by atoms with Crippen LogP contribution in [0.5, 0.6) is 11.5 Å². The standard InChI is InChI=1S/C25H29NO10/c1-7-11-31-19-14-9-10-16(12(3)18(14)34-23(27)17(19)13(4)26-30-6)33-24-22-21(35-25(28)36-22)20(29-5)15(8-2)32-24/h7,9-10,15,20-22,24H,1,8,11H2,2-6H3/b26-13-/t15-,20-,21+,22+,24?/m0/s1. The predicted molar refractivity (Wildman–Crippen MR) is 128 cm³/mol. The van der Waals surface area contributed by atoms with E-state index in [1.165, 1.54) is 14.2 Å². The zero-order valence-electron chi connectivity index (χ0n) is 20.8. The van der Waals surface area contributed by atoms with Crippen molar-refractivity contribution in [1.82, 2.24) is 0 Å². The minimum atomic E-state index is -0.965. The summed E-state index contributed by atoms with van der Waals surface area (Å²) in [6, 6.07) is 3.40. The van der Waals surface area contributed by atoms with Gasteiger partial charge in [0.1, 0.15) is 42.5 Å². The number of benzene rings is 1. The van der Waals surface area contributed by atoms with E-state index in [0.717, 1.165) is 0 Å². The van der Waals surface area contributed by atoms with E-state index in [1.54, 1.807) is 32.1 Å². The van der Waals surface area contributed by atoms with Crippen LogP contribution in [-0.2, 0) is 23.8 Å². The number of hydrogen-bond acceptors (Lipinski definition) is 11. The molecule has 2 aromatic rings. The third kappa shape index (κ3) is 4.51. The summed E-state index contributed by atoms with van der Waals surface area (Å²) < 4.78 is 40.0. The molecule has 11 nitrogen and oxygen atoms in total. The highest BCUT2D eigenvalue weighted by molar-refractivity contribution is 6.05. The molecule has 5 atom stereocenters. The monoisotopic (exact) mass is 503 g/mol. The smallest absolute Gasteiger partial charge is 0.488 e. The molecule has 1 aromatic heterocycles. The number of rotatable bonds is 9. The molecule has 0 N–H and O–H groups in total. The fraction of sp³-hybridized carbons (Fsp3) is 0.480. The van der Waals surface area contributed by atoms with Crippen LogP contribution < -0.4 is 15.1 Å². The van der Waals surface area contributed by atoms with Crippen LogP contribution in [0.2, 0.25) is 0 Å². The summed E-state index contributed by atoms with van der Waals surface area (Å²) in [5.74, 6) is 0.656. The van der Waals surface area contributed by atoms with Crippen LogP contribution in [0.15, 0.2) is 39.2 Å². The highest BCUT2D eigenvalue weighted by Crippen LogP contribution is 2.38. The van der Waals surface area contributed by atoms with Gasteiger partial charge in [-0.2, -0.15) is 0 Å². The number of carbonyl (C=O) groups excluding carboxylic acids is 1. The van der Waals surface area contributed by atoms with Crippen LogP contribution in [0, 0.1) is 6.92 Å². The minimum absolute atomic E-state index is 0.143. The number of ether oxygens (including phenoxy) is 6. The summed E-state index contributed by atoms with van der Waals surface area (Å²) >= 11 is 0. The SMILES string of the molecule is C=CCOc1c(/C(C)=N\OC)c(=O)oc2c(C)c(OC3O[C@@H](CC)[C@H](OC)[C@H]4OC(=O)O[C@@H]34)ccc12. The lowest BCUT2D eigenvalue weighted by atomic mass is 9.97. The van der Waals surface area contributed by atoms with E-state index in [0.29, 0.717) is 28.8 Å². The number of carbonyl (C=O) groups is 1. The van der Waals surface area contributed by atoms with Gasteiger partial charge in [-0.05, 0) is 32.4 Å². The van der Waals surface area contributed by atoms with Crippen molar-refractivity contribution in [2.24, 2.45) is 5.16 Å². The molecule has 0 radical (unpaired) electrons. The Bertz CT molecular complexity index is 1240. The molecule has 2 aliphatic heterocycles. The summed E-state index contributed by atoms with van der Waals surface area (Å²) in [6.45, 7) is 9.11. The first-order valence-electron chi connectivity index (χ1n) is 11.5. The second-order valence-electron chi connectivity index (χ2n) is 8.30. The lowest BCUT2D eigenvalue weighted by Crippen LogP contribution is -2.58. The van der Waals surface area contributed by atoms with Crippen LogP contribution in [0.25, 0.3) is 11.0 Å². The van der Waals surface area contributed by atoms with Gasteiger partial charge in [0.25, 0.3) is 0 Å². The number of aryl methyl sites for hydroxylation is 1. The van der Waals surface area contributed by atoms with Gasteiger partial charge >= 0.3 is 11.8 Å². The topological polar surface area (TPSA) is 124 Å². The molecule has 0 spiro atoms. The van der Waals surface area contributed by atoms with E-state index in [2.05, 4.69) is 11.7 Å². The average Bonchev–Trinajstić information content (AvgIpc) is 3.25. The van der Waals surface area contributed by atoms with Crippen molar-refractivity contribution in [3.63, 3.8) is 0 Å². The van der Waals surface area contributed by atoms with Gasteiger partial charge in [-0.15, -0.1) is 0 Å². The van der Waals surface area contributed by atoms with Crippen molar-refractivity contribution in [2.45, 2.75) is 57.9 Å². The van der Waals surface area contributed by atoms with Crippen LogP contribution >= 0.6 is 0 Å². The molecule has 36 heavy (non-hydrogen) atoms. The van der Waals surface area contributed by atoms with Crippen molar-refractivity contribution in [3.8, 4) is 11.5 Å². The Hall–Kier alpha value is -3.57. The number of oxime groups is 1. The quantitative estimate of drug-likeness (QED) is 0.165. The fourth-order valence-electron chi connectivity index (χ4n) is 4.49. The molecule has 0 aliphatic carbocycles. The van der Waals surface area contributed by atoms with Crippen molar-refractivity contribution in [3.05, 3.63) is 46.3 Å². The normalized spacial score (nSPS) is 25.6. The number of methoxy groups -OCH3 is 1. The molecule has 4 rings (SSSR count). The summed E-state index contributed by atoms with van der Waals surface area (Å²) in [5.41, 5.74) is 0.575. The van der Waals surface area contributed by atoms with Gasteiger partial charge in [0.15, 0.2) is 6.10 Å². The lowest BCUT2D eigenvalue weighted by Gasteiger charge is -2.40. The molecule has 11 heteroatoms. The number of hydrogen-bond donors (Lipinski definition) is 0. The summed E-state index contributed by atoms with van der Waals surface area (Å²) in [6.07, 6.45) is -2.03. The summed E-state index contributed by atoms with van der Waals surface area (Å²) in [7, 11) is 2.91. The van der Waals surface area contributed by atoms with Crippen LogP contribution in [0.4, 0.5) is 4.79 Å². The molecular weight excluding hydrogens is 474 g/mol. The molecule has 0 saturated carbocycles. The number of nitrogens with zero attached hydrogens (tertiary/aromatic N) is 1. The molecule has 0 amide bonds. The Labute approximate surface area is 207 Å². The second kappa shape index (κ2) is 10.6. The summed E-state index contributed by atoms with van der Waals surface area (Å²) in [5, 5.41) is 4.39. The highest BCUT2D eigenvalue weighted by atomic mass is 16.8. The Morgan fingerprint density at radius 2 is 1.94 bits per heavy atom. The van der Waals surface area contributed by atoms with E-state index >= 15 is 0 Å². The molecular formula is C25H29NO10. The first kappa shape index (κ1) is 25.5. The van der Waals surface area contributed by atoms with E-state index in [9.17, 15) is 9.59 Å². The third-order valence-electron chi connectivity index (χ3n) is 6.14. The Kier molecular flexibility index (Phi) is 7.51. The van der Waals surface area contributed by atoms with Crippen molar-refractivity contribution in [1.29, 1.82) is 0 Å². The van der Waals surface area contributed by atoms with Crippen molar-refractivity contribution < 1.29 is 42.5 Å². The predicted octanol–water partition coefficient (Wildman–Crippen LogP) is 3.47. The molecule has 2 aliphatic rings. The molecule has 2 fully saturated rings. The minimum Gasteiger partial charge on any atom is -0.488 e. The fourth-order valence-corrected chi connectivity index (χ4v) is 4.49. The van der Waals surface area contributed by atoms with E-state index in [4.69, 9.17) is 37.7 Å². The van der Waals surface area contributed by atoms with Crippen molar-refractivity contribution in [2.75, 3.05) is 20.8 Å². The van der Waals surface area contributed by atoms with Crippen LogP contribution in [0.1, 0.15) is 31.4 Å². The van der Waals surface area contributed by atoms with Crippen molar-refractivity contribution >= 4 is 22.8 Å². The maximum atomic E-state index is 13.0. The maximum Gasteiger partial charge on any atom is 0.509 e. The molecule has 1 aromatic carbocycles. The van der Waals surface area contributed by atoms with E-state index in [1.807, 2.05) is 6.92 Å². The number of fused-ring (bicyclic) bond motifs is 2. The van der Waals surface area contributed by atoms with Gasteiger partial charge in [-0.3, -0.25) is 0 Å². The second-order valence-corrected chi connectivity index (χ2v) is 8.30. The largest absolute Gasteiger partial charge is 0.509 e. The molecule has 1 unspecified atom stereocenters. The zero-order valence-corrected chi connectivity index (χ0v) is 20.8. The molecule has 0 bridgehead atoms.